The minimum absolute atomic E-state index is 0.120. The second-order valence-corrected chi connectivity index (χ2v) is 1.90. The van der Waals surface area contributed by atoms with E-state index in [1.165, 1.54) is 0 Å². The first-order valence-electron chi connectivity index (χ1n) is 2.95. The van der Waals surface area contributed by atoms with Crippen molar-refractivity contribution in [2.75, 3.05) is 6.54 Å². The van der Waals surface area contributed by atoms with Gasteiger partial charge in [-0.3, -0.25) is 4.99 Å². The van der Waals surface area contributed by atoms with Gasteiger partial charge in [-0.05, 0) is 20.8 Å². The second kappa shape index (κ2) is 3.61. The molecule has 8 heavy (non-hydrogen) atoms. The summed E-state index contributed by atoms with van der Waals surface area (Å²) in [4.78, 5) is 4.12. The number of aliphatic imine (C=N–C) groups is 1. The third kappa shape index (κ3) is 2.75. The summed E-state index contributed by atoms with van der Waals surface area (Å²) in [6.07, 6.45) is 0. The molecule has 2 nitrogen and oxygen atoms in total. The summed E-state index contributed by atoms with van der Waals surface area (Å²) in [5.41, 5.74) is 6.53. The molecule has 1 unspecified atom stereocenters. The van der Waals surface area contributed by atoms with Gasteiger partial charge in [-0.25, -0.2) is 0 Å². The van der Waals surface area contributed by atoms with E-state index >= 15 is 0 Å². The minimum atomic E-state index is 0.120. The molecule has 48 valence electrons. The maximum Gasteiger partial charge on any atom is 0.0394 e. The molecule has 0 saturated carbocycles. The predicted molar refractivity (Wildman–Crippen MR) is 37.3 cm³/mol. The summed E-state index contributed by atoms with van der Waals surface area (Å²) in [6, 6.07) is 0.120. The van der Waals surface area contributed by atoms with Gasteiger partial charge in [-0.15, -0.1) is 0 Å². The van der Waals surface area contributed by atoms with Gasteiger partial charge in [0.1, 0.15) is 0 Å². The molecule has 0 bridgehead atoms. The quantitative estimate of drug-likeness (QED) is 0.530. The van der Waals surface area contributed by atoms with Gasteiger partial charge in [-0.1, -0.05) is 0 Å². The molecule has 0 aliphatic carbocycles. The molecule has 0 aliphatic rings. The fourth-order valence-corrected chi connectivity index (χ4v) is 0.393. The molecule has 0 radical (unpaired) electrons. The first-order valence-corrected chi connectivity index (χ1v) is 2.95. The van der Waals surface area contributed by atoms with Gasteiger partial charge in [0, 0.05) is 18.3 Å². The van der Waals surface area contributed by atoms with Crippen LogP contribution in [0.4, 0.5) is 0 Å². The predicted octanol–water partition coefficient (Wildman–Crippen LogP) is 0.814. The second-order valence-electron chi connectivity index (χ2n) is 1.90. The van der Waals surface area contributed by atoms with Crippen LogP contribution in [0.2, 0.25) is 0 Å². The van der Waals surface area contributed by atoms with Crippen LogP contribution in [0, 0.1) is 0 Å². The van der Waals surface area contributed by atoms with E-state index in [4.69, 9.17) is 5.73 Å². The molecule has 0 aromatic heterocycles. The summed E-state index contributed by atoms with van der Waals surface area (Å²) in [7, 11) is 0. The van der Waals surface area contributed by atoms with E-state index in [0.29, 0.717) is 0 Å². The van der Waals surface area contributed by atoms with Crippen molar-refractivity contribution >= 4 is 5.71 Å². The van der Waals surface area contributed by atoms with Crippen molar-refractivity contribution in [1.29, 1.82) is 0 Å². The zero-order valence-electron chi connectivity index (χ0n) is 5.81. The molecule has 0 fully saturated rings. The average molecular weight is 114 g/mol. The zero-order chi connectivity index (χ0) is 6.57. The van der Waals surface area contributed by atoms with Crippen LogP contribution < -0.4 is 5.73 Å². The third-order valence-electron chi connectivity index (χ3n) is 1.07. The standard InChI is InChI=1S/C6H14N2/c1-4-8-6(3)5(2)7/h5H,4,7H2,1-3H3. The topological polar surface area (TPSA) is 38.4 Å². The normalized spacial score (nSPS) is 16.2. The fraction of sp³-hybridized carbons (Fsp3) is 0.833. The fourth-order valence-electron chi connectivity index (χ4n) is 0.393. The Hall–Kier alpha value is -0.370. The summed E-state index contributed by atoms with van der Waals surface area (Å²) in [5.74, 6) is 0. The summed E-state index contributed by atoms with van der Waals surface area (Å²) in [5, 5.41) is 0. The Labute approximate surface area is 50.8 Å². The molecule has 2 N–H and O–H groups in total. The van der Waals surface area contributed by atoms with Crippen LogP contribution in [-0.2, 0) is 0 Å². The van der Waals surface area contributed by atoms with Crippen LogP contribution in [0.3, 0.4) is 0 Å². The number of hydrogen-bond acceptors (Lipinski definition) is 2. The molecule has 0 saturated heterocycles. The lowest BCUT2D eigenvalue weighted by molar-refractivity contribution is 0.947. The number of hydrogen-bond donors (Lipinski definition) is 1. The van der Waals surface area contributed by atoms with Crippen molar-refractivity contribution in [1.82, 2.24) is 0 Å². The van der Waals surface area contributed by atoms with Crippen LogP contribution in [0.1, 0.15) is 20.8 Å². The first kappa shape index (κ1) is 7.63. The SMILES string of the molecule is CCN=C(C)C(C)N. The van der Waals surface area contributed by atoms with Gasteiger partial charge in [-0.2, -0.15) is 0 Å². The van der Waals surface area contributed by atoms with E-state index in [-0.39, 0.29) is 6.04 Å². The third-order valence-corrected chi connectivity index (χ3v) is 1.07. The van der Waals surface area contributed by atoms with Crippen molar-refractivity contribution in [3.8, 4) is 0 Å². The van der Waals surface area contributed by atoms with Gasteiger partial charge >= 0.3 is 0 Å². The Bertz CT molecular complexity index is 84.5. The highest BCUT2D eigenvalue weighted by Crippen LogP contribution is 1.81. The Morgan fingerprint density at radius 2 is 2.25 bits per heavy atom. The average Bonchev–Trinajstić information content (AvgIpc) is 1.67. The Balaban J connectivity index is 3.61. The van der Waals surface area contributed by atoms with Crippen molar-refractivity contribution in [3.05, 3.63) is 0 Å². The number of rotatable bonds is 2. The highest BCUT2D eigenvalue weighted by Gasteiger charge is 1.93. The van der Waals surface area contributed by atoms with E-state index < -0.39 is 0 Å². The summed E-state index contributed by atoms with van der Waals surface area (Å²) in [6.45, 7) is 6.74. The number of nitrogens with two attached hydrogens (primary N) is 1. The largest absolute Gasteiger partial charge is 0.323 e. The van der Waals surface area contributed by atoms with Crippen molar-refractivity contribution in [2.24, 2.45) is 10.7 Å². The van der Waals surface area contributed by atoms with Crippen molar-refractivity contribution in [2.45, 2.75) is 26.8 Å². The van der Waals surface area contributed by atoms with Crippen LogP contribution in [0.5, 0.6) is 0 Å². The Morgan fingerprint density at radius 1 is 1.75 bits per heavy atom. The van der Waals surface area contributed by atoms with Crippen molar-refractivity contribution in [3.63, 3.8) is 0 Å². The molecule has 0 rings (SSSR count). The van der Waals surface area contributed by atoms with Gasteiger partial charge in [0.05, 0.1) is 0 Å². The van der Waals surface area contributed by atoms with E-state index in [1.54, 1.807) is 0 Å². The Kier molecular flexibility index (Phi) is 3.44. The van der Waals surface area contributed by atoms with E-state index in [2.05, 4.69) is 4.99 Å². The molecule has 0 heterocycles. The monoisotopic (exact) mass is 114 g/mol. The van der Waals surface area contributed by atoms with Gasteiger partial charge < -0.3 is 5.73 Å². The highest BCUT2D eigenvalue weighted by molar-refractivity contribution is 5.86. The van der Waals surface area contributed by atoms with Crippen molar-refractivity contribution < 1.29 is 0 Å². The molecule has 1 atom stereocenters. The first-order chi connectivity index (χ1) is 3.68. The zero-order valence-corrected chi connectivity index (χ0v) is 5.81. The molecule has 0 amide bonds. The lowest BCUT2D eigenvalue weighted by Gasteiger charge is -2.01. The highest BCUT2D eigenvalue weighted by atomic mass is 14.8. The van der Waals surface area contributed by atoms with E-state index in [0.717, 1.165) is 12.3 Å². The molecule has 0 aromatic carbocycles. The van der Waals surface area contributed by atoms with Crippen LogP contribution in [-0.4, -0.2) is 18.3 Å². The molecular formula is C6H14N2. The maximum atomic E-state index is 5.49. The number of nitrogens with zero attached hydrogens (tertiary/aromatic N) is 1. The van der Waals surface area contributed by atoms with Crippen LogP contribution in [0.25, 0.3) is 0 Å². The molecule has 0 aliphatic heterocycles. The molecular weight excluding hydrogens is 100 g/mol. The summed E-state index contributed by atoms with van der Waals surface area (Å²) < 4.78 is 0. The summed E-state index contributed by atoms with van der Waals surface area (Å²) >= 11 is 0. The van der Waals surface area contributed by atoms with E-state index in [9.17, 15) is 0 Å². The smallest absolute Gasteiger partial charge is 0.0394 e. The van der Waals surface area contributed by atoms with Crippen LogP contribution >= 0.6 is 0 Å². The lowest BCUT2D eigenvalue weighted by atomic mass is 10.2. The van der Waals surface area contributed by atoms with Gasteiger partial charge in [0.15, 0.2) is 0 Å². The molecule has 0 aromatic rings. The van der Waals surface area contributed by atoms with E-state index in [1.807, 2.05) is 20.8 Å². The minimum Gasteiger partial charge on any atom is -0.323 e. The van der Waals surface area contributed by atoms with Gasteiger partial charge in [0.2, 0.25) is 0 Å². The maximum absolute atomic E-state index is 5.49. The Morgan fingerprint density at radius 3 is 2.38 bits per heavy atom. The molecule has 2 heteroatoms. The van der Waals surface area contributed by atoms with Crippen LogP contribution in [0.15, 0.2) is 4.99 Å². The lowest BCUT2D eigenvalue weighted by Crippen LogP contribution is -2.24. The van der Waals surface area contributed by atoms with Gasteiger partial charge in [0.25, 0.3) is 0 Å². The molecule has 0 spiro atoms.